The quantitative estimate of drug-likeness (QED) is 0.854. The van der Waals surface area contributed by atoms with Crippen LogP contribution in [0.2, 0.25) is 0 Å². The van der Waals surface area contributed by atoms with Gasteiger partial charge >= 0.3 is 11.9 Å². The van der Waals surface area contributed by atoms with E-state index in [0.29, 0.717) is 5.56 Å². The number of rotatable bonds is 6. The molecule has 107 valence electrons. The van der Waals surface area contributed by atoms with Crippen molar-refractivity contribution >= 4 is 11.9 Å². The fraction of sp³-hybridized carbons (Fsp3) is 0.118. The number of aliphatic carboxylic acids is 2. The summed E-state index contributed by atoms with van der Waals surface area (Å²) in [5.74, 6) is -3.53. The van der Waals surface area contributed by atoms with E-state index in [9.17, 15) is 19.8 Å². The van der Waals surface area contributed by atoms with Gasteiger partial charge in [-0.25, -0.2) is 0 Å². The molecule has 0 saturated carbocycles. The maximum Gasteiger partial charge on any atom is 0.312 e. The van der Waals surface area contributed by atoms with Crippen molar-refractivity contribution in [3.05, 3.63) is 77.7 Å². The van der Waals surface area contributed by atoms with Crippen molar-refractivity contribution in [3.8, 4) is 0 Å². The molecule has 0 aromatic heterocycles. The first kappa shape index (κ1) is 14.8. The minimum absolute atomic E-state index is 0.0418. The molecule has 4 heteroatoms. The maximum atomic E-state index is 11.6. The molecule has 0 amide bonds. The molecule has 0 spiro atoms. The van der Waals surface area contributed by atoms with E-state index in [4.69, 9.17) is 0 Å². The van der Waals surface area contributed by atoms with Crippen molar-refractivity contribution in [2.45, 2.75) is 12.3 Å². The predicted molar refractivity (Wildman–Crippen MR) is 77.8 cm³/mol. The largest absolute Gasteiger partial charge is 0.481 e. The second kappa shape index (κ2) is 6.70. The molecule has 21 heavy (non-hydrogen) atoms. The van der Waals surface area contributed by atoms with Crippen molar-refractivity contribution in [2.24, 2.45) is 0 Å². The van der Waals surface area contributed by atoms with E-state index in [0.717, 1.165) is 5.56 Å². The molecule has 0 aliphatic heterocycles. The van der Waals surface area contributed by atoms with Crippen molar-refractivity contribution in [1.29, 1.82) is 0 Å². The summed E-state index contributed by atoms with van der Waals surface area (Å²) in [5.41, 5.74) is 1.25. The summed E-state index contributed by atoms with van der Waals surface area (Å²) in [7, 11) is 0. The van der Waals surface area contributed by atoms with Gasteiger partial charge in [0.1, 0.15) is 5.92 Å². The molecule has 0 fully saturated rings. The fourth-order valence-corrected chi connectivity index (χ4v) is 2.26. The van der Waals surface area contributed by atoms with Crippen LogP contribution >= 0.6 is 0 Å². The Balaban J connectivity index is 2.34. The Hall–Kier alpha value is -2.62. The van der Waals surface area contributed by atoms with Gasteiger partial charge in [-0.15, -0.1) is 0 Å². The highest BCUT2D eigenvalue weighted by Crippen LogP contribution is 2.30. The standard InChI is InChI=1S/C17H15O4/c18-16(19)14(11-12-7-3-1-4-8-12)15(17(20)21)13-9-5-2-6-10-13/h1-10,15H,11H2,(H,18,19)(H,20,21). The second-order valence-corrected chi connectivity index (χ2v) is 4.67. The van der Waals surface area contributed by atoms with E-state index in [1.807, 2.05) is 6.07 Å². The van der Waals surface area contributed by atoms with Gasteiger partial charge in [0, 0.05) is 0 Å². The average molecular weight is 283 g/mol. The number of carboxylic acids is 2. The van der Waals surface area contributed by atoms with Crippen molar-refractivity contribution in [3.63, 3.8) is 0 Å². The summed E-state index contributed by atoms with van der Waals surface area (Å²) in [4.78, 5) is 23.1. The predicted octanol–water partition coefficient (Wildman–Crippen LogP) is 2.76. The number of hydrogen-bond acceptors (Lipinski definition) is 2. The number of carbonyl (C=O) groups is 2. The number of hydrogen-bond donors (Lipinski definition) is 2. The Morgan fingerprint density at radius 3 is 1.86 bits per heavy atom. The van der Waals surface area contributed by atoms with Crippen LogP contribution in [0.25, 0.3) is 0 Å². The lowest BCUT2D eigenvalue weighted by Crippen LogP contribution is -2.28. The maximum absolute atomic E-state index is 11.6. The van der Waals surface area contributed by atoms with E-state index in [2.05, 4.69) is 0 Å². The Morgan fingerprint density at radius 1 is 0.857 bits per heavy atom. The lowest BCUT2D eigenvalue weighted by molar-refractivity contribution is -0.143. The third-order valence-corrected chi connectivity index (χ3v) is 3.24. The Morgan fingerprint density at radius 2 is 1.38 bits per heavy atom. The van der Waals surface area contributed by atoms with Gasteiger partial charge in [0.15, 0.2) is 0 Å². The first-order valence-corrected chi connectivity index (χ1v) is 6.50. The molecule has 0 aliphatic carbocycles. The normalized spacial score (nSPS) is 12.0. The van der Waals surface area contributed by atoms with Gasteiger partial charge in [-0.05, 0) is 17.5 Å². The van der Waals surface area contributed by atoms with Gasteiger partial charge in [0.05, 0.1) is 5.92 Å². The van der Waals surface area contributed by atoms with E-state index in [-0.39, 0.29) is 12.3 Å². The molecule has 2 aromatic rings. The zero-order chi connectivity index (χ0) is 15.2. The van der Waals surface area contributed by atoms with Crippen LogP contribution in [0.4, 0.5) is 0 Å². The highest BCUT2D eigenvalue weighted by atomic mass is 16.4. The molecule has 0 saturated heterocycles. The summed E-state index contributed by atoms with van der Waals surface area (Å²) in [6.45, 7) is 0. The SMILES string of the molecule is O=C(O)[C](Cc1ccccc1)C(C(=O)O)c1ccccc1. The van der Waals surface area contributed by atoms with Gasteiger partial charge in [0.2, 0.25) is 0 Å². The van der Waals surface area contributed by atoms with Crippen LogP contribution < -0.4 is 0 Å². The second-order valence-electron chi connectivity index (χ2n) is 4.67. The highest BCUT2D eigenvalue weighted by Gasteiger charge is 2.35. The van der Waals surface area contributed by atoms with Gasteiger partial charge < -0.3 is 10.2 Å². The van der Waals surface area contributed by atoms with Crippen molar-refractivity contribution < 1.29 is 19.8 Å². The third kappa shape index (κ3) is 3.69. The molecule has 1 unspecified atom stereocenters. The smallest absolute Gasteiger partial charge is 0.312 e. The first-order chi connectivity index (χ1) is 10.1. The van der Waals surface area contributed by atoms with Crippen LogP contribution in [0.15, 0.2) is 60.7 Å². The van der Waals surface area contributed by atoms with Crippen LogP contribution in [0.5, 0.6) is 0 Å². The molecule has 2 aromatic carbocycles. The molecule has 2 rings (SSSR count). The summed E-state index contributed by atoms with van der Waals surface area (Å²) in [5, 5.41) is 18.9. The highest BCUT2D eigenvalue weighted by molar-refractivity contribution is 5.94. The number of benzene rings is 2. The van der Waals surface area contributed by atoms with E-state index in [1.165, 1.54) is 0 Å². The molecule has 1 radical (unpaired) electrons. The van der Waals surface area contributed by atoms with Crippen LogP contribution in [-0.4, -0.2) is 22.2 Å². The summed E-state index contributed by atoms with van der Waals surface area (Å²) in [6.07, 6.45) is 0.0992. The van der Waals surface area contributed by atoms with Crippen LogP contribution in [0.1, 0.15) is 17.0 Å². The minimum atomic E-state index is -1.19. The average Bonchev–Trinajstić information content (AvgIpc) is 2.48. The van der Waals surface area contributed by atoms with Gasteiger partial charge in [-0.1, -0.05) is 60.7 Å². The molecule has 2 N–H and O–H groups in total. The van der Waals surface area contributed by atoms with Gasteiger partial charge in [-0.3, -0.25) is 9.59 Å². The van der Waals surface area contributed by atoms with Crippen molar-refractivity contribution in [2.75, 3.05) is 0 Å². The molecule has 0 heterocycles. The number of carboxylic acid groups (broad SMARTS) is 2. The molecular weight excluding hydrogens is 268 g/mol. The Labute approximate surface area is 122 Å². The molecule has 0 aliphatic rings. The van der Waals surface area contributed by atoms with Crippen molar-refractivity contribution in [1.82, 2.24) is 0 Å². The van der Waals surface area contributed by atoms with Crippen LogP contribution in [0, 0.1) is 5.92 Å². The Kier molecular flexibility index (Phi) is 4.72. The topological polar surface area (TPSA) is 74.6 Å². The fourth-order valence-electron chi connectivity index (χ4n) is 2.26. The monoisotopic (exact) mass is 283 g/mol. The van der Waals surface area contributed by atoms with E-state index in [1.54, 1.807) is 54.6 Å². The lowest BCUT2D eigenvalue weighted by Gasteiger charge is -2.20. The van der Waals surface area contributed by atoms with E-state index < -0.39 is 17.9 Å². The zero-order valence-corrected chi connectivity index (χ0v) is 11.3. The molecule has 1 atom stereocenters. The van der Waals surface area contributed by atoms with Gasteiger partial charge in [-0.2, -0.15) is 0 Å². The molecular formula is C17H15O4. The molecule has 4 nitrogen and oxygen atoms in total. The van der Waals surface area contributed by atoms with Crippen LogP contribution in [-0.2, 0) is 16.0 Å². The minimum Gasteiger partial charge on any atom is -0.481 e. The van der Waals surface area contributed by atoms with E-state index >= 15 is 0 Å². The van der Waals surface area contributed by atoms with Crippen LogP contribution in [0.3, 0.4) is 0 Å². The summed E-state index contributed by atoms with van der Waals surface area (Å²) >= 11 is 0. The lowest BCUT2D eigenvalue weighted by atomic mass is 9.82. The molecule has 0 bridgehead atoms. The third-order valence-electron chi connectivity index (χ3n) is 3.24. The zero-order valence-electron chi connectivity index (χ0n) is 11.3. The first-order valence-electron chi connectivity index (χ1n) is 6.50. The summed E-state index contributed by atoms with van der Waals surface area (Å²) in [6, 6.07) is 17.4. The summed E-state index contributed by atoms with van der Waals surface area (Å²) < 4.78 is 0. The van der Waals surface area contributed by atoms with Gasteiger partial charge in [0.25, 0.3) is 0 Å². The Bertz CT molecular complexity index is 607.